The Labute approximate surface area is 165 Å². The quantitative estimate of drug-likeness (QED) is 0.395. The van der Waals surface area contributed by atoms with E-state index in [1.807, 2.05) is 0 Å². The lowest BCUT2D eigenvalue weighted by molar-refractivity contribution is 0.00572. The van der Waals surface area contributed by atoms with Gasteiger partial charge in [-0.2, -0.15) is 0 Å². The zero-order chi connectivity index (χ0) is 22.1. The molecule has 0 aliphatic heterocycles. The Kier molecular flexibility index (Phi) is 6.30. The molecule has 0 bridgehead atoms. The van der Waals surface area contributed by atoms with Crippen molar-refractivity contribution in [2.75, 3.05) is 21.3 Å². The summed E-state index contributed by atoms with van der Waals surface area (Å²) < 4.78 is 79.1. The number of halogens is 4. The van der Waals surface area contributed by atoms with Gasteiger partial charge in [-0.3, -0.25) is 0 Å². The van der Waals surface area contributed by atoms with Gasteiger partial charge in [-0.15, -0.1) is 0 Å². The summed E-state index contributed by atoms with van der Waals surface area (Å²) in [5.74, 6) is -9.04. The number of ether oxygens (including phenoxy) is 4. The Balaban J connectivity index is 2.83. The van der Waals surface area contributed by atoms with E-state index in [0.29, 0.717) is 0 Å². The maximum absolute atomic E-state index is 14.9. The van der Waals surface area contributed by atoms with E-state index in [4.69, 9.17) is 18.9 Å². The van der Waals surface area contributed by atoms with Crippen LogP contribution in [-0.4, -0.2) is 32.9 Å². The zero-order valence-corrected chi connectivity index (χ0v) is 16.7. The second-order valence-corrected chi connectivity index (χ2v) is 6.91. The van der Waals surface area contributed by atoms with Crippen molar-refractivity contribution in [3.05, 3.63) is 41.0 Å². The minimum absolute atomic E-state index is 0.164. The lowest BCUT2D eigenvalue weighted by atomic mass is 9.98. The molecule has 0 spiro atoms. The molecule has 0 saturated heterocycles. The van der Waals surface area contributed by atoms with Crippen molar-refractivity contribution in [3.63, 3.8) is 0 Å². The van der Waals surface area contributed by atoms with Crippen molar-refractivity contribution in [2.24, 2.45) is 0 Å². The van der Waals surface area contributed by atoms with Crippen LogP contribution in [-0.2, 0) is 4.74 Å². The normalized spacial score (nSPS) is 11.2. The highest BCUT2D eigenvalue weighted by Crippen LogP contribution is 2.45. The Morgan fingerprint density at radius 3 is 1.55 bits per heavy atom. The number of hydrogen-bond acceptors (Lipinski definition) is 5. The standard InChI is InChI=1S/C20H20F4O5/c1-20(2,3)29-19(25)14-17(23)15(21)13(16(22)18(14)24)12-10(27-5)7-9(26-4)8-11(12)28-6/h7-8H,1-6H3. The summed E-state index contributed by atoms with van der Waals surface area (Å²) in [4.78, 5) is 12.1. The van der Waals surface area contributed by atoms with Crippen LogP contribution in [0.25, 0.3) is 11.1 Å². The summed E-state index contributed by atoms with van der Waals surface area (Å²) in [6, 6.07) is 2.52. The summed E-state index contributed by atoms with van der Waals surface area (Å²) in [6.45, 7) is 4.32. The third-order valence-electron chi connectivity index (χ3n) is 3.83. The highest BCUT2D eigenvalue weighted by molar-refractivity contribution is 5.92. The van der Waals surface area contributed by atoms with Gasteiger partial charge in [0.1, 0.15) is 28.4 Å². The van der Waals surface area contributed by atoms with Crippen LogP contribution in [0.1, 0.15) is 31.1 Å². The fraction of sp³-hybridized carbons (Fsp3) is 0.350. The van der Waals surface area contributed by atoms with E-state index < -0.39 is 46.0 Å². The smallest absolute Gasteiger partial charge is 0.344 e. The van der Waals surface area contributed by atoms with Crippen LogP contribution in [0.2, 0.25) is 0 Å². The molecule has 158 valence electrons. The number of benzene rings is 2. The van der Waals surface area contributed by atoms with Crippen LogP contribution in [0, 0.1) is 23.3 Å². The van der Waals surface area contributed by atoms with E-state index in [-0.39, 0.29) is 22.8 Å². The highest BCUT2D eigenvalue weighted by Gasteiger charge is 2.34. The number of rotatable bonds is 5. The first-order chi connectivity index (χ1) is 13.5. The van der Waals surface area contributed by atoms with Gasteiger partial charge in [-0.05, 0) is 20.8 Å². The average Bonchev–Trinajstić information content (AvgIpc) is 2.65. The average molecular weight is 416 g/mol. The minimum atomic E-state index is -1.90. The van der Waals surface area contributed by atoms with E-state index in [9.17, 15) is 22.4 Å². The largest absolute Gasteiger partial charge is 0.496 e. The maximum atomic E-state index is 14.9. The molecule has 2 rings (SSSR count). The Morgan fingerprint density at radius 2 is 1.21 bits per heavy atom. The van der Waals surface area contributed by atoms with Gasteiger partial charge in [0.15, 0.2) is 23.3 Å². The number of carbonyl (C=O) groups excluding carboxylic acids is 1. The molecule has 0 aliphatic carbocycles. The summed E-state index contributed by atoms with van der Waals surface area (Å²) in [7, 11) is 3.72. The maximum Gasteiger partial charge on any atom is 0.344 e. The van der Waals surface area contributed by atoms with E-state index in [1.54, 1.807) is 0 Å². The van der Waals surface area contributed by atoms with Crippen LogP contribution < -0.4 is 14.2 Å². The van der Waals surface area contributed by atoms with Crippen molar-refractivity contribution in [2.45, 2.75) is 26.4 Å². The van der Waals surface area contributed by atoms with Gasteiger partial charge in [0, 0.05) is 12.1 Å². The molecule has 0 aliphatic rings. The molecule has 0 radical (unpaired) electrons. The van der Waals surface area contributed by atoms with Gasteiger partial charge in [0.25, 0.3) is 0 Å². The number of methoxy groups -OCH3 is 3. The van der Waals surface area contributed by atoms with Gasteiger partial charge in [-0.1, -0.05) is 0 Å². The van der Waals surface area contributed by atoms with Crippen LogP contribution in [0.4, 0.5) is 17.6 Å². The number of esters is 1. The molecule has 29 heavy (non-hydrogen) atoms. The van der Waals surface area contributed by atoms with Gasteiger partial charge in [0.2, 0.25) is 0 Å². The molecule has 0 saturated carbocycles. The van der Waals surface area contributed by atoms with Crippen LogP contribution in [0.3, 0.4) is 0 Å². The van der Waals surface area contributed by atoms with Gasteiger partial charge in [-0.25, -0.2) is 22.4 Å². The Morgan fingerprint density at radius 1 is 0.759 bits per heavy atom. The summed E-state index contributed by atoms with van der Waals surface area (Å²) in [5, 5.41) is 0. The Hall–Kier alpha value is -2.97. The lowest BCUT2D eigenvalue weighted by Crippen LogP contribution is -2.26. The van der Waals surface area contributed by atoms with Crippen molar-refractivity contribution < 1.29 is 41.3 Å². The van der Waals surface area contributed by atoms with Crippen LogP contribution in [0.15, 0.2) is 12.1 Å². The Bertz CT molecular complexity index is 897. The SMILES string of the molecule is COc1cc(OC)c(-c2c(F)c(F)c(C(=O)OC(C)(C)C)c(F)c2F)c(OC)c1. The molecule has 0 amide bonds. The molecule has 5 nitrogen and oxygen atoms in total. The molecular formula is C20H20F4O5. The molecule has 2 aromatic rings. The molecule has 0 atom stereocenters. The van der Waals surface area contributed by atoms with E-state index in [2.05, 4.69) is 0 Å². The van der Waals surface area contributed by atoms with E-state index in [1.165, 1.54) is 54.2 Å². The molecule has 0 unspecified atom stereocenters. The molecule has 0 fully saturated rings. The molecule has 0 aromatic heterocycles. The summed E-state index contributed by atoms with van der Waals surface area (Å²) >= 11 is 0. The highest BCUT2D eigenvalue weighted by atomic mass is 19.2. The first kappa shape index (κ1) is 22.3. The second kappa shape index (κ2) is 8.18. The third kappa shape index (κ3) is 4.23. The van der Waals surface area contributed by atoms with Gasteiger partial charge >= 0.3 is 5.97 Å². The molecule has 0 N–H and O–H groups in total. The zero-order valence-electron chi connectivity index (χ0n) is 16.7. The fourth-order valence-electron chi connectivity index (χ4n) is 2.61. The first-order valence-corrected chi connectivity index (χ1v) is 8.36. The molecular weight excluding hydrogens is 396 g/mol. The lowest BCUT2D eigenvalue weighted by Gasteiger charge is -2.21. The molecule has 2 aromatic carbocycles. The van der Waals surface area contributed by atoms with Crippen molar-refractivity contribution >= 4 is 5.97 Å². The van der Waals surface area contributed by atoms with Crippen LogP contribution >= 0.6 is 0 Å². The second-order valence-electron chi connectivity index (χ2n) is 6.91. The number of hydrogen-bond donors (Lipinski definition) is 0. The van der Waals surface area contributed by atoms with Crippen molar-refractivity contribution in [3.8, 4) is 28.4 Å². The topological polar surface area (TPSA) is 54.0 Å². The van der Waals surface area contributed by atoms with Gasteiger partial charge < -0.3 is 18.9 Å². The van der Waals surface area contributed by atoms with Crippen molar-refractivity contribution in [1.29, 1.82) is 0 Å². The molecule has 0 heterocycles. The predicted octanol–water partition coefficient (Wildman–Crippen LogP) is 4.89. The van der Waals surface area contributed by atoms with E-state index >= 15 is 0 Å². The monoisotopic (exact) mass is 416 g/mol. The number of carbonyl (C=O) groups is 1. The van der Waals surface area contributed by atoms with Gasteiger partial charge in [0.05, 0.1) is 32.5 Å². The minimum Gasteiger partial charge on any atom is -0.496 e. The van der Waals surface area contributed by atoms with E-state index in [0.717, 1.165) is 0 Å². The first-order valence-electron chi connectivity index (χ1n) is 8.36. The van der Waals surface area contributed by atoms with Crippen LogP contribution in [0.5, 0.6) is 17.2 Å². The summed E-state index contributed by atoms with van der Waals surface area (Å²) in [5.41, 5.74) is -4.09. The predicted molar refractivity (Wildman–Crippen MR) is 96.5 cm³/mol. The summed E-state index contributed by atoms with van der Waals surface area (Å²) in [6.07, 6.45) is 0. The molecule has 9 heteroatoms. The third-order valence-corrected chi connectivity index (χ3v) is 3.83. The van der Waals surface area contributed by atoms with Crippen molar-refractivity contribution in [1.82, 2.24) is 0 Å². The fourth-order valence-corrected chi connectivity index (χ4v) is 2.61.